The Morgan fingerprint density at radius 3 is 2.80 bits per heavy atom. The van der Waals surface area contributed by atoms with E-state index < -0.39 is 0 Å². The van der Waals surface area contributed by atoms with Crippen LogP contribution in [0.15, 0.2) is 28.6 Å². The molecule has 0 spiro atoms. The molecule has 0 aliphatic heterocycles. The number of nitrogens with zero attached hydrogens (tertiary/aromatic N) is 2. The van der Waals surface area contributed by atoms with Crippen molar-refractivity contribution < 1.29 is 9.59 Å². The summed E-state index contributed by atoms with van der Waals surface area (Å²) in [5, 5.41) is 11.5. The van der Waals surface area contributed by atoms with Crippen LogP contribution in [0.4, 0.5) is 5.69 Å². The van der Waals surface area contributed by atoms with Crippen LogP contribution in [0.1, 0.15) is 22.3 Å². The predicted octanol–water partition coefficient (Wildman–Crippen LogP) is 2.78. The molecule has 1 N–H and O–H groups in total. The zero-order valence-electron chi connectivity index (χ0n) is 11.0. The van der Waals surface area contributed by atoms with Crippen molar-refractivity contribution in [2.24, 2.45) is 0 Å². The number of thioether (sulfide) groups is 1. The Morgan fingerprint density at radius 2 is 2.15 bits per heavy atom. The molecule has 104 valence electrons. The molecule has 0 radical (unpaired) electrons. The minimum Gasteiger partial charge on any atom is -0.325 e. The van der Waals surface area contributed by atoms with Crippen molar-refractivity contribution in [2.45, 2.75) is 18.2 Å². The molecule has 1 aromatic carbocycles. The lowest BCUT2D eigenvalue weighted by molar-refractivity contribution is -0.113. The Hall–Kier alpha value is -1.73. The first-order valence-electron chi connectivity index (χ1n) is 5.88. The summed E-state index contributed by atoms with van der Waals surface area (Å²) in [5.41, 5.74) is 1.20. The Balaban J connectivity index is 1.91. The van der Waals surface area contributed by atoms with E-state index in [-0.39, 0.29) is 17.4 Å². The van der Waals surface area contributed by atoms with Gasteiger partial charge in [0.05, 0.1) is 5.75 Å². The average molecular weight is 307 g/mol. The minimum atomic E-state index is -0.136. The second-order valence-corrected chi connectivity index (χ2v) is 6.46. The zero-order valence-corrected chi connectivity index (χ0v) is 12.7. The highest BCUT2D eigenvalue weighted by atomic mass is 32.2. The van der Waals surface area contributed by atoms with E-state index in [1.165, 1.54) is 30.0 Å². The van der Waals surface area contributed by atoms with Gasteiger partial charge in [0.1, 0.15) is 5.01 Å². The number of rotatable bonds is 5. The quantitative estimate of drug-likeness (QED) is 0.679. The summed E-state index contributed by atoms with van der Waals surface area (Å²) in [6.45, 7) is 3.36. The summed E-state index contributed by atoms with van der Waals surface area (Å²) < 4.78 is 0.773. The van der Waals surface area contributed by atoms with Crippen molar-refractivity contribution in [3.8, 4) is 0 Å². The van der Waals surface area contributed by atoms with E-state index in [9.17, 15) is 9.59 Å². The Bertz CT molecular complexity index is 640. The van der Waals surface area contributed by atoms with Gasteiger partial charge in [-0.3, -0.25) is 9.59 Å². The second-order valence-electron chi connectivity index (χ2n) is 4.06. The highest BCUT2D eigenvalue weighted by molar-refractivity contribution is 8.01. The molecule has 0 saturated carbocycles. The van der Waals surface area contributed by atoms with E-state index in [4.69, 9.17) is 0 Å². The largest absolute Gasteiger partial charge is 0.325 e. The van der Waals surface area contributed by atoms with Crippen LogP contribution >= 0.6 is 23.1 Å². The monoisotopic (exact) mass is 307 g/mol. The Morgan fingerprint density at radius 1 is 1.35 bits per heavy atom. The molecule has 20 heavy (non-hydrogen) atoms. The van der Waals surface area contributed by atoms with E-state index in [1.54, 1.807) is 24.3 Å². The number of nitrogens with one attached hydrogen (secondary N) is 1. The lowest BCUT2D eigenvalue weighted by Crippen LogP contribution is -2.14. The first-order valence-corrected chi connectivity index (χ1v) is 7.68. The maximum absolute atomic E-state index is 11.8. The number of carbonyl (C=O) groups excluding carboxylic acids is 2. The maximum Gasteiger partial charge on any atom is 0.234 e. The topological polar surface area (TPSA) is 72.0 Å². The molecule has 2 aromatic rings. The number of aromatic nitrogens is 2. The molecule has 0 bridgehead atoms. The van der Waals surface area contributed by atoms with Crippen molar-refractivity contribution in [1.29, 1.82) is 0 Å². The molecule has 5 nitrogen and oxygen atoms in total. The van der Waals surface area contributed by atoms with E-state index in [2.05, 4.69) is 15.5 Å². The normalized spacial score (nSPS) is 10.3. The van der Waals surface area contributed by atoms with Crippen molar-refractivity contribution in [2.75, 3.05) is 11.1 Å². The number of aryl methyl sites for hydroxylation is 1. The molecular formula is C13H13N3O2S2. The van der Waals surface area contributed by atoms with Gasteiger partial charge in [0.2, 0.25) is 5.91 Å². The van der Waals surface area contributed by atoms with Crippen LogP contribution in [-0.4, -0.2) is 27.6 Å². The zero-order chi connectivity index (χ0) is 14.5. The number of amides is 1. The summed E-state index contributed by atoms with van der Waals surface area (Å²) in [6.07, 6.45) is 0. The summed E-state index contributed by atoms with van der Waals surface area (Å²) in [5.74, 6) is 0.0993. The first-order chi connectivity index (χ1) is 9.54. The van der Waals surface area contributed by atoms with Crippen LogP contribution in [-0.2, 0) is 4.79 Å². The number of hydrogen-bond acceptors (Lipinski definition) is 6. The van der Waals surface area contributed by atoms with Gasteiger partial charge < -0.3 is 5.32 Å². The Labute approximate surface area is 124 Å². The fourth-order valence-corrected chi connectivity index (χ4v) is 3.09. The summed E-state index contributed by atoms with van der Waals surface area (Å²) in [7, 11) is 0. The van der Waals surface area contributed by atoms with Gasteiger partial charge in [0.25, 0.3) is 0 Å². The van der Waals surface area contributed by atoms with E-state index in [1.807, 2.05) is 6.92 Å². The molecule has 1 aromatic heterocycles. The summed E-state index contributed by atoms with van der Waals surface area (Å²) >= 11 is 2.80. The van der Waals surface area contributed by atoms with Crippen molar-refractivity contribution in [3.63, 3.8) is 0 Å². The molecule has 0 saturated heterocycles. The third-order valence-electron chi connectivity index (χ3n) is 2.39. The standard InChI is InChI=1S/C13H13N3O2S2/c1-8(17)10-4-3-5-11(6-10)14-12(18)7-19-13-16-15-9(2)20-13/h3-6H,7H2,1-2H3,(H,14,18). The maximum atomic E-state index is 11.8. The third-order valence-corrected chi connectivity index (χ3v) is 4.36. The van der Waals surface area contributed by atoms with Gasteiger partial charge in [-0.1, -0.05) is 35.2 Å². The molecule has 0 aliphatic carbocycles. The number of benzene rings is 1. The highest BCUT2D eigenvalue weighted by Gasteiger charge is 2.08. The highest BCUT2D eigenvalue weighted by Crippen LogP contribution is 2.22. The summed E-state index contributed by atoms with van der Waals surface area (Å²) in [6, 6.07) is 6.88. The number of hydrogen-bond donors (Lipinski definition) is 1. The van der Waals surface area contributed by atoms with Gasteiger partial charge in [0.15, 0.2) is 10.1 Å². The van der Waals surface area contributed by atoms with Crippen molar-refractivity contribution in [1.82, 2.24) is 10.2 Å². The van der Waals surface area contributed by atoms with Crippen LogP contribution < -0.4 is 5.32 Å². The Kier molecular flexibility index (Phi) is 4.86. The lowest BCUT2D eigenvalue weighted by Gasteiger charge is -2.05. The van der Waals surface area contributed by atoms with Crippen molar-refractivity contribution in [3.05, 3.63) is 34.8 Å². The summed E-state index contributed by atoms with van der Waals surface area (Å²) in [4.78, 5) is 23.1. The molecule has 0 atom stereocenters. The minimum absolute atomic E-state index is 0.0280. The average Bonchev–Trinajstić information content (AvgIpc) is 2.82. The lowest BCUT2D eigenvalue weighted by atomic mass is 10.1. The molecule has 7 heteroatoms. The van der Waals surface area contributed by atoms with Crippen LogP contribution in [0, 0.1) is 6.92 Å². The van der Waals surface area contributed by atoms with E-state index in [0.717, 1.165) is 9.35 Å². The number of carbonyl (C=O) groups is 2. The van der Waals surface area contributed by atoms with Crippen LogP contribution in [0.25, 0.3) is 0 Å². The van der Waals surface area contributed by atoms with Crippen LogP contribution in [0.5, 0.6) is 0 Å². The van der Waals surface area contributed by atoms with Gasteiger partial charge in [0, 0.05) is 11.3 Å². The van der Waals surface area contributed by atoms with Gasteiger partial charge in [-0.15, -0.1) is 10.2 Å². The number of anilines is 1. The SMILES string of the molecule is CC(=O)c1cccc(NC(=O)CSc2nnc(C)s2)c1. The molecule has 1 heterocycles. The molecule has 0 aliphatic rings. The molecular weight excluding hydrogens is 294 g/mol. The van der Waals surface area contributed by atoms with Gasteiger partial charge in [-0.05, 0) is 26.0 Å². The molecule has 2 rings (SSSR count). The van der Waals surface area contributed by atoms with Gasteiger partial charge >= 0.3 is 0 Å². The van der Waals surface area contributed by atoms with E-state index >= 15 is 0 Å². The van der Waals surface area contributed by atoms with Gasteiger partial charge in [-0.25, -0.2) is 0 Å². The van der Waals surface area contributed by atoms with Crippen LogP contribution in [0.3, 0.4) is 0 Å². The number of ketones is 1. The number of Topliss-reactive ketones (excluding diaryl/α,β-unsaturated/α-hetero) is 1. The first kappa shape index (κ1) is 14.7. The van der Waals surface area contributed by atoms with Gasteiger partial charge in [-0.2, -0.15) is 0 Å². The molecule has 0 fully saturated rings. The van der Waals surface area contributed by atoms with Crippen LogP contribution in [0.2, 0.25) is 0 Å². The fraction of sp³-hybridized carbons (Fsp3) is 0.231. The molecule has 0 unspecified atom stereocenters. The molecule has 1 amide bonds. The predicted molar refractivity (Wildman–Crippen MR) is 80.4 cm³/mol. The fourth-order valence-electron chi connectivity index (χ4n) is 1.48. The van der Waals surface area contributed by atoms with E-state index in [0.29, 0.717) is 11.3 Å². The van der Waals surface area contributed by atoms with Crippen molar-refractivity contribution >= 4 is 40.5 Å². The second kappa shape index (κ2) is 6.62. The third kappa shape index (κ3) is 4.14. The smallest absolute Gasteiger partial charge is 0.234 e.